The van der Waals surface area contributed by atoms with E-state index in [9.17, 15) is 0 Å². The third-order valence-corrected chi connectivity index (χ3v) is 3.66. The van der Waals surface area contributed by atoms with E-state index in [1.165, 1.54) is 11.1 Å². The molecule has 0 bridgehead atoms. The normalized spacial score (nSPS) is 10.6. The summed E-state index contributed by atoms with van der Waals surface area (Å²) in [6, 6.07) is 14.0. The lowest BCUT2D eigenvalue weighted by atomic mass is 10.1. The topological polar surface area (TPSA) is 54.9 Å². The number of hydrogen-bond acceptors (Lipinski definition) is 3. The van der Waals surface area contributed by atoms with Gasteiger partial charge in [0.1, 0.15) is 0 Å². The van der Waals surface area contributed by atoms with Crippen molar-refractivity contribution in [2.75, 3.05) is 26.1 Å². The van der Waals surface area contributed by atoms with Gasteiger partial charge in [-0.25, -0.2) is 0 Å². The first kappa shape index (κ1) is 21.1. The van der Waals surface area contributed by atoms with E-state index in [4.69, 9.17) is 9.47 Å². The number of aryl methyl sites for hydroxylation is 1. The van der Waals surface area contributed by atoms with Crippen LogP contribution in [-0.2, 0) is 6.54 Å². The molecular weight excluding hydrogens is 429 g/mol. The second kappa shape index (κ2) is 10.8. The van der Waals surface area contributed by atoms with E-state index in [2.05, 4.69) is 34.7 Å². The summed E-state index contributed by atoms with van der Waals surface area (Å²) in [5.41, 5.74) is 3.38. The minimum Gasteiger partial charge on any atom is -0.493 e. The quantitative estimate of drug-likeness (QED) is 0.390. The zero-order valence-electron chi connectivity index (χ0n) is 15.1. The summed E-state index contributed by atoms with van der Waals surface area (Å²) in [6.45, 7) is 5.36. The van der Waals surface area contributed by atoms with Crippen LogP contribution in [0.15, 0.2) is 47.5 Å². The van der Waals surface area contributed by atoms with Crippen molar-refractivity contribution in [1.82, 2.24) is 5.32 Å². The van der Waals surface area contributed by atoms with Gasteiger partial charge < -0.3 is 20.1 Å². The lowest BCUT2D eigenvalue weighted by molar-refractivity contribution is 0.311. The molecule has 6 heteroatoms. The molecule has 5 nitrogen and oxygen atoms in total. The molecule has 0 aliphatic rings. The number of ether oxygens (including phenoxy) is 2. The average molecular weight is 455 g/mol. The highest BCUT2D eigenvalue weighted by atomic mass is 127. The van der Waals surface area contributed by atoms with Crippen LogP contribution >= 0.6 is 24.0 Å². The lowest BCUT2D eigenvalue weighted by Gasteiger charge is -2.15. The lowest BCUT2D eigenvalue weighted by Crippen LogP contribution is -2.30. The van der Waals surface area contributed by atoms with E-state index in [-0.39, 0.29) is 24.0 Å². The van der Waals surface area contributed by atoms with Crippen molar-refractivity contribution in [1.29, 1.82) is 0 Å². The molecule has 0 saturated carbocycles. The number of nitrogens with zero attached hydrogens (tertiary/aromatic N) is 1. The molecule has 0 unspecified atom stereocenters. The Kier molecular flexibility index (Phi) is 9.12. The Morgan fingerprint density at radius 1 is 1.12 bits per heavy atom. The Balaban J connectivity index is 0.00000312. The first-order valence-corrected chi connectivity index (χ1v) is 8.01. The van der Waals surface area contributed by atoms with Gasteiger partial charge in [-0.2, -0.15) is 0 Å². The Hall–Kier alpha value is -1.96. The molecule has 0 fully saturated rings. The minimum absolute atomic E-state index is 0. The van der Waals surface area contributed by atoms with E-state index in [0.717, 1.165) is 11.4 Å². The van der Waals surface area contributed by atoms with Gasteiger partial charge in [-0.1, -0.05) is 24.3 Å². The number of guanidine groups is 1. The highest BCUT2D eigenvalue weighted by Crippen LogP contribution is 2.30. The zero-order valence-corrected chi connectivity index (χ0v) is 17.5. The molecule has 0 aliphatic carbocycles. The van der Waals surface area contributed by atoms with Crippen molar-refractivity contribution in [2.24, 2.45) is 4.99 Å². The molecule has 25 heavy (non-hydrogen) atoms. The first-order valence-electron chi connectivity index (χ1n) is 8.01. The van der Waals surface area contributed by atoms with Crippen molar-refractivity contribution in [3.05, 3.63) is 53.6 Å². The van der Waals surface area contributed by atoms with E-state index in [1.807, 2.05) is 37.3 Å². The Labute approximate surface area is 166 Å². The molecular formula is C19H26IN3O2. The predicted molar refractivity (Wildman–Crippen MR) is 115 cm³/mol. The van der Waals surface area contributed by atoms with Crippen LogP contribution in [0.1, 0.15) is 18.1 Å². The monoisotopic (exact) mass is 455 g/mol. The maximum atomic E-state index is 5.53. The summed E-state index contributed by atoms with van der Waals surface area (Å²) in [5.74, 6) is 2.12. The number of methoxy groups -OCH3 is 1. The van der Waals surface area contributed by atoms with Crippen LogP contribution in [0.2, 0.25) is 0 Å². The Morgan fingerprint density at radius 3 is 2.52 bits per heavy atom. The van der Waals surface area contributed by atoms with E-state index in [0.29, 0.717) is 24.9 Å². The van der Waals surface area contributed by atoms with Crippen molar-refractivity contribution in [3.8, 4) is 11.5 Å². The van der Waals surface area contributed by atoms with Gasteiger partial charge in [-0.3, -0.25) is 4.99 Å². The molecule has 0 aromatic heterocycles. The van der Waals surface area contributed by atoms with E-state index < -0.39 is 0 Å². The minimum atomic E-state index is 0. The van der Waals surface area contributed by atoms with Gasteiger partial charge in [0.2, 0.25) is 0 Å². The predicted octanol–water partition coefficient (Wildman–Crippen LogP) is 4.21. The smallest absolute Gasteiger partial charge is 0.195 e. The maximum Gasteiger partial charge on any atom is 0.195 e. The molecule has 0 atom stereocenters. The number of halogens is 1. The fraction of sp³-hybridized carbons (Fsp3) is 0.316. The number of rotatable bonds is 6. The van der Waals surface area contributed by atoms with Gasteiger partial charge in [0.15, 0.2) is 17.5 Å². The van der Waals surface area contributed by atoms with Crippen molar-refractivity contribution >= 4 is 35.6 Å². The van der Waals surface area contributed by atoms with E-state index >= 15 is 0 Å². The SMILES string of the molecule is CCOc1ccc(NC(=NC)NCc2ccccc2C)cc1OC.I. The summed E-state index contributed by atoms with van der Waals surface area (Å²) in [6.07, 6.45) is 0. The van der Waals surface area contributed by atoms with E-state index in [1.54, 1.807) is 14.2 Å². The molecule has 0 aliphatic heterocycles. The number of benzene rings is 2. The standard InChI is InChI=1S/C19H25N3O2.HI/c1-5-24-17-11-10-16(12-18(17)23-4)22-19(20-3)21-13-15-9-7-6-8-14(15)2;/h6-12H,5,13H2,1-4H3,(H2,20,21,22);1H. The summed E-state index contributed by atoms with van der Waals surface area (Å²) in [7, 11) is 3.38. The van der Waals surface area contributed by atoms with Crippen LogP contribution in [0, 0.1) is 6.92 Å². The molecule has 0 heterocycles. The molecule has 2 rings (SSSR count). The molecule has 2 N–H and O–H groups in total. The van der Waals surface area contributed by atoms with Gasteiger partial charge in [0, 0.05) is 25.3 Å². The molecule has 0 radical (unpaired) electrons. The van der Waals surface area contributed by atoms with Crippen LogP contribution in [0.5, 0.6) is 11.5 Å². The van der Waals surface area contributed by atoms with Crippen LogP contribution in [-0.4, -0.2) is 26.7 Å². The zero-order chi connectivity index (χ0) is 17.4. The summed E-state index contributed by atoms with van der Waals surface area (Å²) in [5, 5.41) is 6.58. The first-order chi connectivity index (χ1) is 11.7. The highest BCUT2D eigenvalue weighted by Gasteiger charge is 2.07. The molecule has 0 saturated heterocycles. The summed E-state index contributed by atoms with van der Waals surface area (Å²) >= 11 is 0. The number of anilines is 1. The largest absolute Gasteiger partial charge is 0.493 e. The van der Waals surface area contributed by atoms with Gasteiger partial charge in [-0.05, 0) is 37.1 Å². The fourth-order valence-corrected chi connectivity index (χ4v) is 2.32. The van der Waals surface area contributed by atoms with Gasteiger partial charge in [0.25, 0.3) is 0 Å². The molecule has 136 valence electrons. The number of nitrogens with one attached hydrogen (secondary N) is 2. The van der Waals surface area contributed by atoms with Crippen molar-refractivity contribution < 1.29 is 9.47 Å². The van der Waals surface area contributed by atoms with Gasteiger partial charge in [-0.15, -0.1) is 24.0 Å². The number of hydrogen-bond donors (Lipinski definition) is 2. The number of aliphatic imine (C=N–C) groups is 1. The third kappa shape index (κ3) is 6.12. The second-order valence-corrected chi connectivity index (χ2v) is 5.28. The van der Waals surface area contributed by atoms with Crippen LogP contribution in [0.3, 0.4) is 0 Å². The van der Waals surface area contributed by atoms with Crippen LogP contribution in [0.25, 0.3) is 0 Å². The van der Waals surface area contributed by atoms with Crippen LogP contribution < -0.4 is 20.1 Å². The van der Waals surface area contributed by atoms with Gasteiger partial charge in [0.05, 0.1) is 13.7 Å². The van der Waals surface area contributed by atoms with Gasteiger partial charge >= 0.3 is 0 Å². The molecule has 0 amide bonds. The van der Waals surface area contributed by atoms with Crippen molar-refractivity contribution in [2.45, 2.75) is 20.4 Å². The maximum absolute atomic E-state index is 5.53. The Morgan fingerprint density at radius 2 is 1.88 bits per heavy atom. The van der Waals surface area contributed by atoms with Crippen molar-refractivity contribution in [3.63, 3.8) is 0 Å². The molecule has 2 aromatic rings. The molecule has 2 aromatic carbocycles. The third-order valence-electron chi connectivity index (χ3n) is 3.66. The average Bonchev–Trinajstić information content (AvgIpc) is 2.61. The van der Waals surface area contributed by atoms with Crippen LogP contribution in [0.4, 0.5) is 5.69 Å². The fourth-order valence-electron chi connectivity index (χ4n) is 2.32. The molecule has 0 spiro atoms. The highest BCUT2D eigenvalue weighted by molar-refractivity contribution is 14.0. The summed E-state index contributed by atoms with van der Waals surface area (Å²) < 4.78 is 10.9. The summed E-state index contributed by atoms with van der Waals surface area (Å²) in [4.78, 5) is 4.26. The Bertz CT molecular complexity index is 705. The second-order valence-electron chi connectivity index (χ2n) is 5.28.